The fraction of sp³-hybridized carbons (Fsp3) is 0.520. The Hall–Kier alpha value is -3.13. The zero-order valence-electron chi connectivity index (χ0n) is 21.4. The number of amides is 1. The summed E-state index contributed by atoms with van der Waals surface area (Å²) in [6, 6.07) is 5.36. The molecule has 1 N–H and O–H groups in total. The highest BCUT2D eigenvalue weighted by Gasteiger charge is 2.46. The number of esters is 1. The number of carbonyl (C=O) groups excluding carboxylic acids is 2. The number of piperidine rings is 1. The molecule has 2 unspecified atom stereocenters. The van der Waals surface area contributed by atoms with E-state index < -0.39 is 36.3 Å². The van der Waals surface area contributed by atoms with Gasteiger partial charge in [-0.15, -0.1) is 0 Å². The van der Waals surface area contributed by atoms with Crippen LogP contribution in [0.2, 0.25) is 5.02 Å². The molecule has 2 aliphatic rings. The van der Waals surface area contributed by atoms with Gasteiger partial charge >= 0.3 is 18.3 Å². The molecule has 0 spiro atoms. The monoisotopic (exact) mass is 593 g/mol. The average Bonchev–Trinajstić information content (AvgIpc) is 3.26. The predicted octanol–water partition coefficient (Wildman–Crippen LogP) is 4.32. The molecular formula is C25H26ClF6N5O3. The predicted molar refractivity (Wildman–Crippen MR) is 132 cm³/mol. The summed E-state index contributed by atoms with van der Waals surface area (Å²) in [5.41, 5.74) is 0.856. The summed E-state index contributed by atoms with van der Waals surface area (Å²) in [5.74, 6) is -4.04. The number of carbonyl (C=O) groups is 2. The molecule has 2 aliphatic heterocycles. The van der Waals surface area contributed by atoms with Gasteiger partial charge in [0, 0.05) is 47.5 Å². The van der Waals surface area contributed by atoms with E-state index in [9.17, 15) is 35.9 Å². The van der Waals surface area contributed by atoms with Gasteiger partial charge in [0.15, 0.2) is 0 Å². The van der Waals surface area contributed by atoms with Crippen LogP contribution in [0.3, 0.4) is 0 Å². The molecule has 0 aliphatic carbocycles. The van der Waals surface area contributed by atoms with E-state index in [0.29, 0.717) is 42.1 Å². The molecule has 8 nitrogen and oxygen atoms in total. The number of likely N-dealkylation sites (tertiary alicyclic amines) is 1. The van der Waals surface area contributed by atoms with Crippen LogP contribution < -0.4 is 10.2 Å². The van der Waals surface area contributed by atoms with Gasteiger partial charge in [-0.2, -0.15) is 26.3 Å². The Balaban J connectivity index is 1.48. The summed E-state index contributed by atoms with van der Waals surface area (Å²) < 4.78 is 83.8. The molecule has 218 valence electrons. The van der Waals surface area contributed by atoms with E-state index in [4.69, 9.17) is 16.3 Å². The fourth-order valence-corrected chi connectivity index (χ4v) is 4.93. The van der Waals surface area contributed by atoms with Gasteiger partial charge in [-0.25, -0.2) is 14.8 Å². The first-order chi connectivity index (χ1) is 18.6. The van der Waals surface area contributed by atoms with Crippen LogP contribution >= 0.6 is 11.6 Å². The molecule has 2 fully saturated rings. The lowest BCUT2D eigenvalue weighted by atomic mass is 10.0. The smallest absolute Gasteiger partial charge is 0.452 e. The first kappa shape index (κ1) is 29.8. The highest BCUT2D eigenvalue weighted by atomic mass is 35.5. The molecule has 1 amide bonds. The van der Waals surface area contributed by atoms with Gasteiger partial charge in [0.05, 0.1) is 12.6 Å². The topological polar surface area (TPSA) is 87.7 Å². The Kier molecular flexibility index (Phi) is 8.50. The number of alkyl halides is 6. The van der Waals surface area contributed by atoms with Crippen LogP contribution in [0.4, 0.5) is 32.2 Å². The Morgan fingerprint density at radius 2 is 1.62 bits per heavy atom. The van der Waals surface area contributed by atoms with Crippen molar-refractivity contribution in [2.75, 3.05) is 31.1 Å². The molecule has 40 heavy (non-hydrogen) atoms. The molecule has 2 aromatic rings. The summed E-state index contributed by atoms with van der Waals surface area (Å²) in [6.07, 6.45) is -10.5. The summed E-state index contributed by atoms with van der Waals surface area (Å²) in [6.45, 7) is 3.25. The Bertz CT molecular complexity index is 1250. The average molecular weight is 594 g/mol. The van der Waals surface area contributed by atoms with Gasteiger partial charge in [-0.3, -0.25) is 4.79 Å². The van der Waals surface area contributed by atoms with Crippen molar-refractivity contribution in [3.05, 3.63) is 51.9 Å². The molecular weight excluding hydrogens is 568 g/mol. The summed E-state index contributed by atoms with van der Waals surface area (Å²) >= 11 is 5.88. The Morgan fingerprint density at radius 1 is 1.00 bits per heavy atom. The number of nitrogens with zero attached hydrogens (tertiary/aromatic N) is 4. The van der Waals surface area contributed by atoms with Gasteiger partial charge in [0.2, 0.25) is 5.82 Å². The third kappa shape index (κ3) is 6.77. The second-order valence-electron chi connectivity index (χ2n) is 9.77. The molecule has 1 aromatic heterocycles. The molecule has 4 rings (SSSR count). The first-order valence-electron chi connectivity index (χ1n) is 12.4. The number of ether oxygens (including phenoxy) is 1. The van der Waals surface area contributed by atoms with Crippen LogP contribution in [-0.4, -0.2) is 77.3 Å². The van der Waals surface area contributed by atoms with Crippen LogP contribution in [0.15, 0.2) is 24.3 Å². The zero-order chi connectivity index (χ0) is 29.4. The largest absolute Gasteiger partial charge is 0.490 e. The van der Waals surface area contributed by atoms with E-state index in [1.165, 1.54) is 18.7 Å². The second kappa shape index (κ2) is 11.4. The third-order valence-corrected chi connectivity index (χ3v) is 7.25. The van der Waals surface area contributed by atoms with Crippen molar-refractivity contribution in [2.24, 2.45) is 0 Å². The van der Waals surface area contributed by atoms with Crippen LogP contribution in [-0.2, 0) is 15.7 Å². The molecule has 0 bridgehead atoms. The molecule has 0 radical (unpaired) electrons. The first-order valence-corrected chi connectivity index (χ1v) is 12.8. The molecule has 0 saturated carbocycles. The van der Waals surface area contributed by atoms with Crippen LogP contribution in [0.25, 0.3) is 0 Å². The maximum Gasteiger partial charge on any atom is 0.490 e. The quantitative estimate of drug-likeness (QED) is 0.408. The van der Waals surface area contributed by atoms with E-state index in [-0.39, 0.29) is 36.6 Å². The van der Waals surface area contributed by atoms with Gasteiger partial charge in [0.1, 0.15) is 11.9 Å². The minimum atomic E-state index is -5.24. The lowest BCUT2D eigenvalue weighted by Crippen LogP contribution is -2.52. The Labute approximate surface area is 230 Å². The number of hydrogen-bond acceptors (Lipinski definition) is 7. The minimum absolute atomic E-state index is 0.0612. The van der Waals surface area contributed by atoms with Gasteiger partial charge in [0.25, 0.3) is 5.91 Å². The van der Waals surface area contributed by atoms with Crippen molar-refractivity contribution in [3.63, 3.8) is 0 Å². The number of benzene rings is 1. The van der Waals surface area contributed by atoms with E-state index in [1.54, 1.807) is 29.2 Å². The summed E-state index contributed by atoms with van der Waals surface area (Å²) in [5, 5.41) is 3.70. The van der Waals surface area contributed by atoms with Gasteiger partial charge in [-0.1, -0.05) is 11.6 Å². The molecule has 2 atom stereocenters. The lowest BCUT2D eigenvalue weighted by Gasteiger charge is -2.34. The molecule has 3 heterocycles. The van der Waals surface area contributed by atoms with E-state index >= 15 is 0 Å². The number of aromatic nitrogens is 2. The fourth-order valence-electron chi connectivity index (χ4n) is 4.81. The standard InChI is InChI=1S/C25H26ClF6N5O3/c1-13-14(2)33-22(24(27,28)29)35-20(13)37-11-18(19(12-37)40-23(39)25(30,31)32)34-17-7-9-36(10-8-17)21(38)15-3-5-16(26)6-4-15/h3-6,17-19,34H,7-12H2,1-2H3. The summed E-state index contributed by atoms with van der Waals surface area (Å²) in [7, 11) is 0. The third-order valence-electron chi connectivity index (χ3n) is 7.00. The Morgan fingerprint density at radius 3 is 2.20 bits per heavy atom. The molecule has 15 heteroatoms. The van der Waals surface area contributed by atoms with Crippen LogP contribution in [0.5, 0.6) is 0 Å². The van der Waals surface area contributed by atoms with Crippen LogP contribution in [0, 0.1) is 13.8 Å². The van der Waals surface area contributed by atoms with Crippen molar-refractivity contribution in [1.29, 1.82) is 0 Å². The van der Waals surface area contributed by atoms with Gasteiger partial charge < -0.3 is 19.9 Å². The number of nitrogens with one attached hydrogen (secondary N) is 1. The van der Waals surface area contributed by atoms with E-state index in [1.807, 2.05) is 0 Å². The number of hydrogen-bond donors (Lipinski definition) is 1. The van der Waals surface area contributed by atoms with Crippen molar-refractivity contribution >= 4 is 29.3 Å². The van der Waals surface area contributed by atoms with Crippen molar-refractivity contribution in [1.82, 2.24) is 20.2 Å². The molecule has 2 saturated heterocycles. The maximum atomic E-state index is 13.4. The second-order valence-corrected chi connectivity index (χ2v) is 10.2. The zero-order valence-corrected chi connectivity index (χ0v) is 22.2. The highest BCUT2D eigenvalue weighted by molar-refractivity contribution is 6.30. The lowest BCUT2D eigenvalue weighted by molar-refractivity contribution is -0.204. The number of halogens is 7. The number of anilines is 1. The van der Waals surface area contributed by atoms with Crippen molar-refractivity contribution in [3.8, 4) is 0 Å². The summed E-state index contributed by atoms with van der Waals surface area (Å²) in [4.78, 5) is 34.6. The number of rotatable bonds is 5. The van der Waals surface area contributed by atoms with Crippen LogP contribution in [0.1, 0.15) is 40.3 Å². The van der Waals surface area contributed by atoms with Gasteiger partial charge in [-0.05, 0) is 51.0 Å². The van der Waals surface area contributed by atoms with Crippen molar-refractivity contribution < 1.29 is 40.7 Å². The normalized spacial score (nSPS) is 20.6. The van der Waals surface area contributed by atoms with Crippen molar-refractivity contribution in [2.45, 2.75) is 57.2 Å². The SMILES string of the molecule is Cc1nc(C(F)(F)F)nc(N2CC(NC3CCN(C(=O)c4ccc(Cl)cc4)CC3)C(OC(=O)C(F)(F)F)C2)c1C. The molecule has 1 aromatic carbocycles. The maximum absolute atomic E-state index is 13.4. The number of aryl methyl sites for hydroxylation is 1. The highest BCUT2D eigenvalue weighted by Crippen LogP contribution is 2.32. The van der Waals surface area contributed by atoms with E-state index in [2.05, 4.69) is 15.3 Å². The minimum Gasteiger partial charge on any atom is -0.452 e. The van der Waals surface area contributed by atoms with E-state index in [0.717, 1.165) is 0 Å².